The van der Waals surface area contributed by atoms with Crippen molar-refractivity contribution in [2.45, 2.75) is 0 Å². The molecule has 0 bridgehead atoms. The van der Waals surface area contributed by atoms with Gasteiger partial charge in [-0.2, -0.15) is 0 Å². The van der Waals surface area contributed by atoms with Gasteiger partial charge in [-0.3, -0.25) is 9.98 Å². The van der Waals surface area contributed by atoms with E-state index in [1.807, 2.05) is 41.1 Å². The predicted octanol–water partition coefficient (Wildman–Crippen LogP) is 1.32. The lowest BCUT2D eigenvalue weighted by molar-refractivity contribution is 0.125. The summed E-state index contributed by atoms with van der Waals surface area (Å²) < 4.78 is 7.13. The van der Waals surface area contributed by atoms with Gasteiger partial charge in [0.2, 0.25) is 0 Å². The molecule has 0 N–H and O–H groups in total. The van der Waals surface area contributed by atoms with Crippen molar-refractivity contribution in [1.82, 2.24) is 14.6 Å². The average Bonchev–Trinajstić information content (AvgIpc) is 2.72. The lowest BCUT2D eigenvalue weighted by Crippen LogP contribution is -2.47. The van der Waals surface area contributed by atoms with E-state index in [2.05, 4.69) is 32.9 Å². The predicted molar refractivity (Wildman–Crippen MR) is 107 cm³/mol. The van der Waals surface area contributed by atoms with Crippen molar-refractivity contribution in [3.05, 3.63) is 53.8 Å². The van der Waals surface area contributed by atoms with E-state index in [9.17, 15) is 0 Å². The van der Waals surface area contributed by atoms with Crippen molar-refractivity contribution in [1.29, 1.82) is 0 Å². The Kier molecular flexibility index (Phi) is 6.49. The lowest BCUT2D eigenvalue weighted by Gasteiger charge is -2.34. The van der Waals surface area contributed by atoms with Gasteiger partial charge in [0.05, 0.1) is 7.11 Å². The number of aromatic nitrogens is 2. The first-order valence-corrected chi connectivity index (χ1v) is 9.10. The fourth-order valence-corrected chi connectivity index (χ4v) is 3.02. The highest BCUT2D eigenvalue weighted by Gasteiger charge is 2.17. The molecule has 1 aliphatic heterocycles. The van der Waals surface area contributed by atoms with Crippen molar-refractivity contribution >= 4 is 11.9 Å². The fraction of sp³-hybridized carbons (Fsp3) is 0.400. The summed E-state index contributed by atoms with van der Waals surface area (Å²) in [5, 5.41) is 0. The van der Waals surface area contributed by atoms with Gasteiger partial charge >= 0.3 is 0 Å². The lowest BCUT2D eigenvalue weighted by atomic mass is 10.3. The molecule has 0 amide bonds. The first-order valence-electron chi connectivity index (χ1n) is 9.10. The van der Waals surface area contributed by atoms with Crippen molar-refractivity contribution in [2.24, 2.45) is 4.99 Å². The molecule has 3 heterocycles. The minimum absolute atomic E-state index is 0.400. The smallest absolute Gasteiger partial charge is 0.165 e. The van der Waals surface area contributed by atoms with Crippen LogP contribution in [0.2, 0.25) is 0 Å². The van der Waals surface area contributed by atoms with E-state index in [0.717, 1.165) is 48.9 Å². The van der Waals surface area contributed by atoms with Gasteiger partial charge in [0.25, 0.3) is 0 Å². The van der Waals surface area contributed by atoms with Gasteiger partial charge in [-0.05, 0) is 43.5 Å². The van der Waals surface area contributed by atoms with Gasteiger partial charge in [-0.1, -0.05) is 6.07 Å². The summed E-state index contributed by atoms with van der Waals surface area (Å²) in [5.74, 6) is 1.76. The van der Waals surface area contributed by atoms with Crippen LogP contribution in [0.25, 0.3) is 6.08 Å². The zero-order valence-corrected chi connectivity index (χ0v) is 16.2. The van der Waals surface area contributed by atoms with E-state index in [0.29, 0.717) is 6.61 Å². The van der Waals surface area contributed by atoms with E-state index >= 15 is 0 Å². The summed E-state index contributed by atoms with van der Waals surface area (Å²) in [6, 6.07) is 9.78. The molecule has 2 aromatic heterocycles. The van der Waals surface area contributed by atoms with Gasteiger partial charge in [0, 0.05) is 39.4 Å². The van der Waals surface area contributed by atoms with Crippen LogP contribution in [0.3, 0.4) is 0 Å². The van der Waals surface area contributed by atoms with Crippen LogP contribution in [0.1, 0.15) is 5.69 Å². The molecule has 0 aromatic carbocycles. The average molecular weight is 369 g/mol. The molecular weight excluding hydrogens is 342 g/mol. The van der Waals surface area contributed by atoms with E-state index in [4.69, 9.17) is 9.57 Å². The first-order chi connectivity index (χ1) is 13.2. The van der Waals surface area contributed by atoms with Crippen LogP contribution < -0.4 is 20.0 Å². The van der Waals surface area contributed by atoms with Crippen LogP contribution in [-0.4, -0.2) is 68.6 Å². The second kappa shape index (κ2) is 9.23. The molecule has 0 spiro atoms. The van der Waals surface area contributed by atoms with Crippen LogP contribution in [0.15, 0.2) is 47.6 Å². The number of likely N-dealkylation sites (N-methyl/N-ethyl adjacent to an activating group) is 1. The molecule has 1 aliphatic rings. The highest BCUT2D eigenvalue weighted by molar-refractivity contribution is 5.52. The Morgan fingerprint density at radius 3 is 2.70 bits per heavy atom. The summed E-state index contributed by atoms with van der Waals surface area (Å²) in [6.07, 6.45) is 5.58. The molecule has 0 aliphatic carbocycles. The molecule has 2 aromatic rings. The molecule has 144 valence electrons. The summed E-state index contributed by atoms with van der Waals surface area (Å²) in [4.78, 5) is 19.4. The Morgan fingerprint density at radius 2 is 1.96 bits per heavy atom. The van der Waals surface area contributed by atoms with Crippen molar-refractivity contribution in [3.8, 4) is 5.75 Å². The maximum Gasteiger partial charge on any atom is 0.165 e. The molecule has 3 rings (SSSR count). The van der Waals surface area contributed by atoms with E-state index in [-0.39, 0.29) is 0 Å². The number of ether oxygens (including phenoxy) is 1. The van der Waals surface area contributed by atoms with Crippen molar-refractivity contribution < 1.29 is 9.57 Å². The van der Waals surface area contributed by atoms with Crippen molar-refractivity contribution in [2.75, 3.05) is 58.9 Å². The van der Waals surface area contributed by atoms with Crippen LogP contribution >= 0.6 is 0 Å². The number of anilines is 1. The summed E-state index contributed by atoms with van der Waals surface area (Å²) >= 11 is 0. The number of nitrogens with zero attached hydrogens (tertiary/aromatic N) is 5. The largest absolute Gasteiger partial charge is 0.494 e. The molecule has 0 atom stereocenters. The SMILES string of the molecule is CN=c1cccc(N2CCN(C)CC2)n1OC/C=C/c1ncccc1OC. The minimum atomic E-state index is 0.400. The Morgan fingerprint density at radius 1 is 1.15 bits per heavy atom. The molecule has 7 nitrogen and oxygen atoms in total. The third-order valence-electron chi connectivity index (χ3n) is 4.56. The highest BCUT2D eigenvalue weighted by Crippen LogP contribution is 2.16. The summed E-state index contributed by atoms with van der Waals surface area (Å²) in [5.41, 5.74) is 1.57. The van der Waals surface area contributed by atoms with E-state index < -0.39 is 0 Å². The van der Waals surface area contributed by atoms with Crippen LogP contribution in [-0.2, 0) is 0 Å². The number of pyridine rings is 2. The van der Waals surface area contributed by atoms with E-state index in [1.54, 1.807) is 20.4 Å². The maximum absolute atomic E-state index is 6.05. The second-order valence-electron chi connectivity index (χ2n) is 6.34. The Labute approximate surface area is 160 Å². The quantitative estimate of drug-likeness (QED) is 0.769. The highest BCUT2D eigenvalue weighted by atomic mass is 16.7. The monoisotopic (exact) mass is 369 g/mol. The standard InChI is InChI=1S/C20H27N5O2/c1-21-19-9-4-10-20(24-14-12-23(2)13-15-24)25(19)27-16-6-7-17-18(26-3)8-5-11-22-17/h4-11H,12-16H2,1-3H3/b7-6+,21-19?. The van der Waals surface area contributed by atoms with Gasteiger partial charge in [0.1, 0.15) is 23.9 Å². The third kappa shape index (κ3) is 4.68. The molecule has 7 heteroatoms. The molecule has 1 saturated heterocycles. The molecule has 1 fully saturated rings. The fourth-order valence-electron chi connectivity index (χ4n) is 3.02. The molecular formula is C20H27N5O2. The molecule has 0 radical (unpaired) electrons. The van der Waals surface area contributed by atoms with Crippen molar-refractivity contribution in [3.63, 3.8) is 0 Å². The topological polar surface area (TPSA) is 55.1 Å². The third-order valence-corrected chi connectivity index (χ3v) is 4.56. The molecule has 0 unspecified atom stereocenters. The zero-order valence-electron chi connectivity index (χ0n) is 16.2. The van der Waals surface area contributed by atoms with Gasteiger partial charge in [0.15, 0.2) is 5.49 Å². The number of rotatable bonds is 6. The molecule has 0 saturated carbocycles. The normalized spacial score (nSPS) is 16.1. The maximum atomic E-state index is 6.05. The summed E-state index contributed by atoms with van der Waals surface area (Å²) in [7, 11) is 5.57. The second-order valence-corrected chi connectivity index (χ2v) is 6.34. The molecule has 27 heavy (non-hydrogen) atoms. The number of methoxy groups -OCH3 is 1. The number of hydrogen-bond acceptors (Lipinski definition) is 6. The summed E-state index contributed by atoms with van der Waals surface area (Å²) in [6.45, 7) is 4.40. The van der Waals surface area contributed by atoms with Gasteiger partial charge < -0.3 is 19.4 Å². The Balaban J connectivity index is 1.75. The van der Waals surface area contributed by atoms with E-state index in [1.165, 1.54) is 0 Å². The van der Waals surface area contributed by atoms with Crippen LogP contribution in [0.4, 0.5) is 5.82 Å². The Hall–Kier alpha value is -2.80. The van der Waals surface area contributed by atoms with Gasteiger partial charge in [-0.15, -0.1) is 4.73 Å². The van der Waals surface area contributed by atoms with Crippen LogP contribution in [0, 0.1) is 0 Å². The van der Waals surface area contributed by atoms with Crippen LogP contribution in [0.5, 0.6) is 5.75 Å². The Bertz CT molecular complexity index is 838. The van der Waals surface area contributed by atoms with Gasteiger partial charge in [-0.25, -0.2) is 0 Å². The number of hydrogen-bond donors (Lipinski definition) is 0. The zero-order chi connectivity index (χ0) is 19.1. The number of piperazine rings is 1. The first kappa shape index (κ1) is 19.0. The minimum Gasteiger partial charge on any atom is -0.494 e.